The Kier molecular flexibility index (Phi) is 6.44. The Labute approximate surface area is 104 Å². The van der Waals surface area contributed by atoms with Gasteiger partial charge in [0.1, 0.15) is 5.60 Å². The molecule has 2 N–H and O–H groups in total. The second-order valence-electron chi connectivity index (χ2n) is 3.46. The molecule has 0 aromatic carbocycles. The van der Waals surface area contributed by atoms with Gasteiger partial charge in [-0.15, -0.1) is 11.6 Å². The van der Waals surface area contributed by atoms with Gasteiger partial charge in [0, 0.05) is 12.3 Å². The van der Waals surface area contributed by atoms with Crippen LogP contribution < -0.4 is 0 Å². The van der Waals surface area contributed by atoms with Gasteiger partial charge in [-0.2, -0.15) is 0 Å². The van der Waals surface area contributed by atoms with Crippen LogP contribution in [-0.2, 0) is 0 Å². The fourth-order valence-electron chi connectivity index (χ4n) is 0.989. The number of hydrogen-bond acceptors (Lipinski definition) is 2. The molecule has 2 nitrogen and oxygen atoms in total. The molecule has 0 rings (SSSR count). The number of alkyl halides is 4. The fourth-order valence-corrected chi connectivity index (χ4v) is 1.38. The molecule has 0 saturated heterocycles. The molecule has 0 amide bonds. The van der Waals surface area contributed by atoms with Crippen molar-refractivity contribution in [1.29, 1.82) is 0 Å². The SMILES string of the molecule is CC(O)(CC(O)CCCCl)C(Cl)(Cl)Cl. The first kappa shape index (κ1) is 15.1. The third-order valence-electron chi connectivity index (χ3n) is 1.91. The van der Waals surface area contributed by atoms with Crippen molar-refractivity contribution in [2.45, 2.75) is 41.7 Å². The summed E-state index contributed by atoms with van der Waals surface area (Å²) in [4.78, 5) is 0. The molecule has 2 unspecified atom stereocenters. The molecule has 0 aliphatic carbocycles. The number of hydrogen-bond donors (Lipinski definition) is 2. The van der Waals surface area contributed by atoms with Gasteiger partial charge in [0.2, 0.25) is 3.79 Å². The minimum Gasteiger partial charge on any atom is -0.393 e. The predicted octanol–water partition coefficient (Wildman–Crippen LogP) is 2.88. The summed E-state index contributed by atoms with van der Waals surface area (Å²) in [5.41, 5.74) is -1.54. The minimum atomic E-state index is -1.80. The van der Waals surface area contributed by atoms with Gasteiger partial charge in [-0.1, -0.05) is 34.8 Å². The summed E-state index contributed by atoms with van der Waals surface area (Å²) in [6.45, 7) is 1.38. The lowest BCUT2D eigenvalue weighted by atomic mass is 9.98. The van der Waals surface area contributed by atoms with Crippen LogP contribution in [0.15, 0.2) is 0 Å². The highest BCUT2D eigenvalue weighted by Gasteiger charge is 2.43. The Balaban J connectivity index is 4.08. The second kappa shape index (κ2) is 5.97. The maximum atomic E-state index is 9.73. The van der Waals surface area contributed by atoms with Gasteiger partial charge in [0.15, 0.2) is 0 Å². The van der Waals surface area contributed by atoms with Crippen molar-refractivity contribution in [3.05, 3.63) is 0 Å². The molecule has 6 heteroatoms. The van der Waals surface area contributed by atoms with Crippen molar-refractivity contribution in [2.75, 3.05) is 5.88 Å². The molecule has 0 bridgehead atoms. The quantitative estimate of drug-likeness (QED) is 0.762. The first-order valence-electron chi connectivity index (χ1n) is 4.24. The number of aliphatic hydroxyl groups excluding tert-OH is 1. The first-order chi connectivity index (χ1) is 6.20. The highest BCUT2D eigenvalue weighted by Crippen LogP contribution is 2.40. The number of aliphatic hydroxyl groups is 2. The molecular formula is C8H14Cl4O2. The molecule has 0 aliphatic heterocycles. The van der Waals surface area contributed by atoms with Crippen LogP contribution in [0.5, 0.6) is 0 Å². The van der Waals surface area contributed by atoms with E-state index >= 15 is 0 Å². The van der Waals surface area contributed by atoms with Crippen LogP contribution >= 0.6 is 46.4 Å². The smallest absolute Gasteiger partial charge is 0.218 e. The van der Waals surface area contributed by atoms with E-state index in [0.29, 0.717) is 18.7 Å². The van der Waals surface area contributed by atoms with E-state index in [1.165, 1.54) is 6.92 Å². The van der Waals surface area contributed by atoms with Gasteiger partial charge in [0.05, 0.1) is 6.10 Å². The van der Waals surface area contributed by atoms with Gasteiger partial charge in [-0.25, -0.2) is 0 Å². The van der Waals surface area contributed by atoms with E-state index in [1.807, 2.05) is 0 Å². The monoisotopic (exact) mass is 282 g/mol. The van der Waals surface area contributed by atoms with E-state index in [2.05, 4.69) is 0 Å². The summed E-state index contributed by atoms with van der Waals surface area (Å²) in [5, 5.41) is 19.2. The summed E-state index contributed by atoms with van der Waals surface area (Å²) in [6.07, 6.45) is 0.457. The molecule has 14 heavy (non-hydrogen) atoms. The molecule has 0 fully saturated rings. The van der Waals surface area contributed by atoms with Crippen molar-refractivity contribution in [3.8, 4) is 0 Å². The van der Waals surface area contributed by atoms with Gasteiger partial charge in [-0.3, -0.25) is 0 Å². The summed E-state index contributed by atoms with van der Waals surface area (Å²) >= 11 is 22.1. The third-order valence-corrected chi connectivity index (χ3v) is 3.40. The van der Waals surface area contributed by atoms with Crippen LogP contribution in [0.25, 0.3) is 0 Å². The van der Waals surface area contributed by atoms with E-state index in [-0.39, 0.29) is 6.42 Å². The van der Waals surface area contributed by atoms with Crippen LogP contribution in [0.1, 0.15) is 26.2 Å². The molecule has 0 aromatic rings. The highest BCUT2D eigenvalue weighted by molar-refractivity contribution is 6.68. The van der Waals surface area contributed by atoms with Crippen LogP contribution in [0.4, 0.5) is 0 Å². The zero-order valence-electron chi connectivity index (χ0n) is 7.81. The van der Waals surface area contributed by atoms with E-state index in [1.54, 1.807) is 0 Å². The Morgan fingerprint density at radius 2 is 1.79 bits per heavy atom. The van der Waals surface area contributed by atoms with Crippen LogP contribution in [0.3, 0.4) is 0 Å². The Morgan fingerprint density at radius 1 is 1.29 bits per heavy atom. The summed E-state index contributed by atoms with van der Waals surface area (Å²) in [7, 11) is 0. The lowest BCUT2D eigenvalue weighted by molar-refractivity contribution is 0.00426. The second-order valence-corrected chi connectivity index (χ2v) is 6.12. The molecule has 0 spiro atoms. The zero-order valence-corrected chi connectivity index (χ0v) is 10.8. The Morgan fingerprint density at radius 3 is 2.14 bits per heavy atom. The summed E-state index contributed by atoms with van der Waals surface area (Å²) < 4.78 is -1.80. The molecule has 0 saturated carbocycles. The van der Waals surface area contributed by atoms with Crippen molar-refractivity contribution in [3.63, 3.8) is 0 Å². The van der Waals surface area contributed by atoms with E-state index in [9.17, 15) is 10.2 Å². The minimum absolute atomic E-state index is 0.0143. The Bertz CT molecular complexity index is 167. The summed E-state index contributed by atoms with van der Waals surface area (Å²) in [5.74, 6) is 0.465. The molecule has 0 heterocycles. The van der Waals surface area contributed by atoms with E-state index < -0.39 is 15.5 Å². The topological polar surface area (TPSA) is 40.5 Å². The standard InChI is InChI=1S/C8H14Cl4O2/c1-7(14,8(10,11)12)5-6(13)3-2-4-9/h6,13-14H,2-5H2,1H3. The lowest BCUT2D eigenvalue weighted by Crippen LogP contribution is -2.42. The van der Waals surface area contributed by atoms with Crippen molar-refractivity contribution < 1.29 is 10.2 Å². The average Bonchev–Trinajstić information content (AvgIpc) is 1.97. The Hall–Kier alpha value is 1.08. The molecule has 0 radical (unpaired) electrons. The van der Waals surface area contributed by atoms with Gasteiger partial charge >= 0.3 is 0 Å². The van der Waals surface area contributed by atoms with Gasteiger partial charge in [0.25, 0.3) is 0 Å². The van der Waals surface area contributed by atoms with Gasteiger partial charge in [-0.05, 0) is 19.8 Å². The maximum Gasteiger partial charge on any atom is 0.218 e. The van der Waals surface area contributed by atoms with Crippen molar-refractivity contribution in [2.24, 2.45) is 0 Å². The van der Waals surface area contributed by atoms with E-state index in [0.717, 1.165) is 0 Å². The van der Waals surface area contributed by atoms with Crippen LogP contribution in [0, 0.1) is 0 Å². The number of rotatable bonds is 5. The molecule has 2 atom stereocenters. The molecular weight excluding hydrogens is 270 g/mol. The number of halogens is 4. The maximum absolute atomic E-state index is 9.73. The van der Waals surface area contributed by atoms with Crippen LogP contribution in [0.2, 0.25) is 0 Å². The molecule has 0 aromatic heterocycles. The van der Waals surface area contributed by atoms with Crippen LogP contribution in [-0.4, -0.2) is 31.6 Å². The fraction of sp³-hybridized carbons (Fsp3) is 1.00. The highest BCUT2D eigenvalue weighted by atomic mass is 35.6. The van der Waals surface area contributed by atoms with Crippen molar-refractivity contribution >= 4 is 46.4 Å². The van der Waals surface area contributed by atoms with Crippen molar-refractivity contribution in [1.82, 2.24) is 0 Å². The average molecular weight is 284 g/mol. The predicted molar refractivity (Wildman–Crippen MR) is 61.5 cm³/mol. The normalized spacial score (nSPS) is 19.1. The molecule has 0 aliphatic rings. The zero-order chi connectivity index (χ0) is 11.4. The first-order valence-corrected chi connectivity index (χ1v) is 5.90. The van der Waals surface area contributed by atoms with Gasteiger partial charge < -0.3 is 10.2 Å². The lowest BCUT2D eigenvalue weighted by Gasteiger charge is -2.32. The largest absolute Gasteiger partial charge is 0.393 e. The third kappa shape index (κ3) is 5.24. The summed E-state index contributed by atoms with van der Waals surface area (Å²) in [6, 6.07) is 0. The van der Waals surface area contributed by atoms with E-state index in [4.69, 9.17) is 46.4 Å². The molecule has 86 valence electrons.